The van der Waals surface area contributed by atoms with Crippen molar-refractivity contribution in [2.45, 2.75) is 6.54 Å². The van der Waals surface area contributed by atoms with Crippen molar-refractivity contribution in [1.29, 1.82) is 0 Å². The Morgan fingerprint density at radius 3 is 2.25 bits per heavy atom. The van der Waals surface area contributed by atoms with Crippen LogP contribution in [0.5, 0.6) is 5.75 Å². The number of hydrogen-bond acceptors (Lipinski definition) is 3. The van der Waals surface area contributed by atoms with Gasteiger partial charge in [0.1, 0.15) is 5.75 Å². The number of fused-ring (bicyclic) bond motifs is 1. The Labute approximate surface area is 142 Å². The molecule has 0 atom stereocenters. The van der Waals surface area contributed by atoms with Crippen molar-refractivity contribution in [1.82, 2.24) is 4.90 Å². The van der Waals surface area contributed by atoms with Crippen LogP contribution in [0.1, 0.15) is 5.56 Å². The number of rotatable bonds is 3. The Bertz CT molecular complexity index is 815. The van der Waals surface area contributed by atoms with E-state index in [0.29, 0.717) is 5.75 Å². The van der Waals surface area contributed by atoms with Gasteiger partial charge in [-0.2, -0.15) is 0 Å². The third-order valence-electron chi connectivity index (χ3n) is 4.82. The van der Waals surface area contributed by atoms with Crippen LogP contribution in [0, 0.1) is 0 Å². The molecule has 0 unspecified atom stereocenters. The lowest BCUT2D eigenvalue weighted by Gasteiger charge is -2.36. The van der Waals surface area contributed by atoms with E-state index in [-0.39, 0.29) is 0 Å². The Morgan fingerprint density at radius 2 is 1.46 bits per heavy atom. The molecule has 24 heavy (non-hydrogen) atoms. The second kappa shape index (κ2) is 6.54. The smallest absolute Gasteiger partial charge is 0.115 e. The van der Waals surface area contributed by atoms with E-state index in [1.165, 1.54) is 22.0 Å². The fraction of sp³-hybridized carbons (Fsp3) is 0.238. The highest BCUT2D eigenvalue weighted by Crippen LogP contribution is 2.27. The number of nitrogens with zero attached hydrogens (tertiary/aromatic N) is 2. The zero-order chi connectivity index (χ0) is 16.4. The molecule has 122 valence electrons. The minimum Gasteiger partial charge on any atom is -0.508 e. The van der Waals surface area contributed by atoms with Gasteiger partial charge in [-0.05, 0) is 29.1 Å². The largest absolute Gasteiger partial charge is 0.508 e. The van der Waals surface area contributed by atoms with Crippen molar-refractivity contribution in [3.63, 3.8) is 0 Å². The maximum atomic E-state index is 9.39. The number of phenolic OH excluding ortho intramolecular Hbond substituents is 1. The second-order valence-corrected chi connectivity index (χ2v) is 6.43. The molecule has 1 N–H and O–H groups in total. The number of hydrogen-bond donors (Lipinski definition) is 1. The second-order valence-electron chi connectivity index (χ2n) is 6.43. The minimum absolute atomic E-state index is 0.333. The monoisotopic (exact) mass is 318 g/mol. The van der Waals surface area contributed by atoms with Gasteiger partial charge in [-0.3, -0.25) is 4.90 Å². The van der Waals surface area contributed by atoms with Crippen molar-refractivity contribution in [2.24, 2.45) is 0 Å². The van der Waals surface area contributed by atoms with Crippen molar-refractivity contribution in [3.8, 4) is 5.75 Å². The first kappa shape index (κ1) is 15.0. The summed E-state index contributed by atoms with van der Waals surface area (Å²) in [7, 11) is 0. The molecule has 1 aliphatic rings. The fourth-order valence-corrected chi connectivity index (χ4v) is 3.49. The third kappa shape index (κ3) is 3.08. The molecule has 4 rings (SSSR count). The molecule has 1 heterocycles. The highest BCUT2D eigenvalue weighted by Gasteiger charge is 2.18. The van der Waals surface area contributed by atoms with Crippen molar-refractivity contribution in [3.05, 3.63) is 72.3 Å². The highest BCUT2D eigenvalue weighted by atomic mass is 16.3. The van der Waals surface area contributed by atoms with E-state index >= 15 is 0 Å². The summed E-state index contributed by atoms with van der Waals surface area (Å²) in [5, 5.41) is 12.0. The number of aromatic hydroxyl groups is 1. The topological polar surface area (TPSA) is 26.7 Å². The maximum absolute atomic E-state index is 9.39. The van der Waals surface area contributed by atoms with Crippen LogP contribution in [0.3, 0.4) is 0 Å². The average molecular weight is 318 g/mol. The van der Waals surface area contributed by atoms with Crippen LogP contribution in [0.2, 0.25) is 0 Å². The lowest BCUT2D eigenvalue weighted by Crippen LogP contribution is -2.46. The molecule has 1 aliphatic heterocycles. The van der Waals surface area contributed by atoms with Gasteiger partial charge < -0.3 is 10.0 Å². The molecule has 3 nitrogen and oxygen atoms in total. The van der Waals surface area contributed by atoms with Gasteiger partial charge in [-0.15, -0.1) is 0 Å². The van der Waals surface area contributed by atoms with E-state index in [1.807, 2.05) is 12.1 Å². The molecule has 0 aliphatic carbocycles. The van der Waals surface area contributed by atoms with E-state index in [2.05, 4.69) is 52.3 Å². The van der Waals surface area contributed by atoms with Crippen molar-refractivity contribution >= 4 is 16.5 Å². The zero-order valence-corrected chi connectivity index (χ0v) is 13.7. The van der Waals surface area contributed by atoms with Gasteiger partial charge in [0.25, 0.3) is 0 Å². The third-order valence-corrected chi connectivity index (χ3v) is 4.82. The maximum Gasteiger partial charge on any atom is 0.115 e. The first-order chi connectivity index (χ1) is 11.8. The van der Waals surface area contributed by atoms with Crippen LogP contribution in [0.25, 0.3) is 10.8 Å². The highest BCUT2D eigenvalue weighted by molar-refractivity contribution is 5.94. The van der Waals surface area contributed by atoms with Crippen molar-refractivity contribution in [2.75, 3.05) is 31.1 Å². The van der Waals surface area contributed by atoms with E-state index < -0.39 is 0 Å². The summed E-state index contributed by atoms with van der Waals surface area (Å²) in [5.74, 6) is 0.333. The van der Waals surface area contributed by atoms with E-state index in [1.54, 1.807) is 12.1 Å². The summed E-state index contributed by atoms with van der Waals surface area (Å²) < 4.78 is 0. The summed E-state index contributed by atoms with van der Waals surface area (Å²) in [5.41, 5.74) is 2.60. The van der Waals surface area contributed by atoms with Gasteiger partial charge >= 0.3 is 0 Å². The standard InChI is InChI=1S/C21H22N2O/c24-19-10-8-17(9-11-19)16-22-12-14-23(15-13-22)21-7-3-5-18-4-1-2-6-20(18)21/h1-11,24H,12-16H2. The lowest BCUT2D eigenvalue weighted by atomic mass is 10.1. The molecule has 3 heteroatoms. The predicted molar refractivity (Wildman–Crippen MR) is 99.5 cm³/mol. The first-order valence-electron chi connectivity index (χ1n) is 8.52. The Kier molecular flexibility index (Phi) is 4.09. The number of anilines is 1. The molecule has 0 amide bonds. The van der Waals surface area contributed by atoms with E-state index in [4.69, 9.17) is 0 Å². The van der Waals surface area contributed by atoms with Gasteiger partial charge in [-0.25, -0.2) is 0 Å². The summed E-state index contributed by atoms with van der Waals surface area (Å²) in [6.45, 7) is 5.16. The molecule has 0 spiro atoms. The van der Waals surface area contributed by atoms with Gasteiger partial charge in [-0.1, -0.05) is 48.5 Å². The van der Waals surface area contributed by atoms with E-state index in [0.717, 1.165) is 32.7 Å². The summed E-state index contributed by atoms with van der Waals surface area (Å²) >= 11 is 0. The predicted octanol–water partition coefficient (Wildman–Crippen LogP) is 3.87. The zero-order valence-electron chi connectivity index (χ0n) is 13.7. The molecular formula is C21H22N2O. The SMILES string of the molecule is Oc1ccc(CN2CCN(c3cccc4ccccc34)CC2)cc1. The molecule has 0 aromatic heterocycles. The van der Waals surface area contributed by atoms with Gasteiger partial charge in [0.2, 0.25) is 0 Å². The summed E-state index contributed by atoms with van der Waals surface area (Å²) in [6, 6.07) is 22.7. The normalized spacial score (nSPS) is 15.8. The van der Waals surface area contributed by atoms with Crippen LogP contribution in [-0.4, -0.2) is 36.2 Å². The lowest BCUT2D eigenvalue weighted by molar-refractivity contribution is 0.250. The number of benzene rings is 3. The van der Waals surface area contributed by atoms with Crippen LogP contribution in [-0.2, 0) is 6.54 Å². The summed E-state index contributed by atoms with van der Waals surface area (Å²) in [6.07, 6.45) is 0. The Balaban J connectivity index is 1.45. The molecule has 0 bridgehead atoms. The molecule has 3 aromatic carbocycles. The van der Waals surface area contributed by atoms with Gasteiger partial charge in [0.15, 0.2) is 0 Å². The molecule has 3 aromatic rings. The molecular weight excluding hydrogens is 296 g/mol. The van der Waals surface area contributed by atoms with Crippen LogP contribution in [0.4, 0.5) is 5.69 Å². The Morgan fingerprint density at radius 1 is 0.750 bits per heavy atom. The fourth-order valence-electron chi connectivity index (χ4n) is 3.49. The quantitative estimate of drug-likeness (QED) is 0.794. The Hall–Kier alpha value is -2.52. The summed E-state index contributed by atoms with van der Waals surface area (Å²) in [4.78, 5) is 4.98. The van der Waals surface area contributed by atoms with E-state index in [9.17, 15) is 5.11 Å². The van der Waals surface area contributed by atoms with Crippen LogP contribution >= 0.6 is 0 Å². The molecule has 1 fully saturated rings. The van der Waals surface area contributed by atoms with Gasteiger partial charge in [0.05, 0.1) is 0 Å². The minimum atomic E-state index is 0.333. The molecule has 0 radical (unpaired) electrons. The molecule has 0 saturated carbocycles. The van der Waals surface area contributed by atoms with Crippen LogP contribution < -0.4 is 4.90 Å². The number of phenols is 1. The number of piperazine rings is 1. The first-order valence-corrected chi connectivity index (χ1v) is 8.52. The van der Waals surface area contributed by atoms with Crippen LogP contribution in [0.15, 0.2) is 66.7 Å². The average Bonchev–Trinajstić information content (AvgIpc) is 2.64. The van der Waals surface area contributed by atoms with Crippen molar-refractivity contribution < 1.29 is 5.11 Å². The molecule has 1 saturated heterocycles. The van der Waals surface area contributed by atoms with Gasteiger partial charge in [0, 0.05) is 43.8 Å².